The molecular weight excluding hydrogens is 376 g/mol. The number of ketones is 1. The van der Waals surface area contributed by atoms with Gasteiger partial charge in [0.25, 0.3) is 0 Å². The quantitative estimate of drug-likeness (QED) is 0.289. The molecule has 0 spiro atoms. The van der Waals surface area contributed by atoms with Crippen LogP contribution in [0.4, 0.5) is 0 Å². The first-order valence-electron chi connectivity index (χ1n) is 7.92. The van der Waals surface area contributed by atoms with E-state index in [4.69, 9.17) is 0 Å². The molecule has 2 heterocycles. The maximum Gasteiger partial charge on any atom is 0.330 e. The van der Waals surface area contributed by atoms with Crippen molar-refractivity contribution in [3.05, 3.63) is 74.6 Å². The topological polar surface area (TPSA) is 214 Å². The van der Waals surface area contributed by atoms with E-state index in [1.807, 2.05) is 6.92 Å². The van der Waals surface area contributed by atoms with Crippen LogP contribution in [0.2, 0.25) is 0 Å². The summed E-state index contributed by atoms with van der Waals surface area (Å²) in [7, 11) is 0. The number of aromatic nitrogens is 6. The van der Waals surface area contributed by atoms with Gasteiger partial charge in [-0.05, 0) is 24.8 Å². The SMILES string of the molecule is CC1=CC(=O)CC(C)(C)C1.O=c1[nH]c(=O)[nH]c(=O)[nH]1.O=c1[nH]c(=O)[nH]c(=O)[nH]1. The van der Waals surface area contributed by atoms with Gasteiger partial charge in [-0.15, -0.1) is 0 Å². The molecule has 13 nitrogen and oxygen atoms in total. The second kappa shape index (κ2) is 9.25. The molecule has 2 aromatic rings. The number of carbonyl (C=O) groups is 1. The molecule has 2 aromatic heterocycles. The zero-order valence-electron chi connectivity index (χ0n) is 15.3. The minimum atomic E-state index is -0.802. The second-order valence-corrected chi connectivity index (χ2v) is 6.70. The number of hydrogen-bond acceptors (Lipinski definition) is 7. The van der Waals surface area contributed by atoms with Gasteiger partial charge in [0.15, 0.2) is 5.78 Å². The number of aromatic amines is 6. The van der Waals surface area contributed by atoms with Gasteiger partial charge in [0.2, 0.25) is 0 Å². The van der Waals surface area contributed by atoms with E-state index < -0.39 is 34.1 Å². The molecule has 6 N–H and O–H groups in total. The third kappa shape index (κ3) is 8.55. The summed E-state index contributed by atoms with van der Waals surface area (Å²) in [6.07, 6.45) is 3.55. The third-order valence-electron chi connectivity index (χ3n) is 3.18. The Hall–Kier alpha value is -3.77. The Kier molecular flexibility index (Phi) is 7.36. The van der Waals surface area contributed by atoms with Crippen LogP contribution in [0.15, 0.2) is 40.4 Å². The standard InChI is InChI=1S/C9H14O.2C3H3N3O3/c1-7-4-8(10)6-9(2,3)5-7;2*7-1-4-2(8)6-3(9)5-1/h4H,5-6H2,1-3H3;2*(H3,4,5,6,7,8,9). The fraction of sp³-hybridized carbons (Fsp3) is 0.400. The van der Waals surface area contributed by atoms with E-state index in [2.05, 4.69) is 13.8 Å². The van der Waals surface area contributed by atoms with Gasteiger partial charge in [-0.25, -0.2) is 28.8 Å². The molecular formula is C15H20N6O7. The van der Waals surface area contributed by atoms with Crippen LogP contribution in [-0.2, 0) is 4.79 Å². The van der Waals surface area contributed by atoms with Gasteiger partial charge >= 0.3 is 34.1 Å². The number of H-pyrrole nitrogens is 6. The molecule has 3 rings (SSSR count). The molecule has 0 saturated carbocycles. The van der Waals surface area contributed by atoms with Crippen LogP contribution >= 0.6 is 0 Å². The van der Waals surface area contributed by atoms with E-state index in [9.17, 15) is 33.6 Å². The molecule has 0 amide bonds. The summed E-state index contributed by atoms with van der Waals surface area (Å²) in [6.45, 7) is 6.31. The van der Waals surface area contributed by atoms with Crippen LogP contribution in [-0.4, -0.2) is 35.7 Å². The van der Waals surface area contributed by atoms with E-state index in [0.717, 1.165) is 6.42 Å². The van der Waals surface area contributed by atoms with Crippen molar-refractivity contribution in [1.29, 1.82) is 0 Å². The Morgan fingerprint density at radius 3 is 1.11 bits per heavy atom. The molecule has 0 radical (unpaired) electrons. The largest absolute Gasteiger partial charge is 0.330 e. The van der Waals surface area contributed by atoms with E-state index in [-0.39, 0.29) is 11.2 Å². The molecule has 0 aliphatic heterocycles. The fourth-order valence-corrected chi connectivity index (χ4v) is 2.47. The van der Waals surface area contributed by atoms with Crippen LogP contribution < -0.4 is 34.1 Å². The average Bonchev–Trinajstić information content (AvgIpc) is 2.42. The molecule has 0 fully saturated rings. The van der Waals surface area contributed by atoms with Crippen molar-refractivity contribution < 1.29 is 4.79 Å². The van der Waals surface area contributed by atoms with Crippen molar-refractivity contribution in [3.63, 3.8) is 0 Å². The number of hydrogen-bond donors (Lipinski definition) is 6. The second-order valence-electron chi connectivity index (χ2n) is 6.70. The van der Waals surface area contributed by atoms with Gasteiger partial charge in [0.05, 0.1) is 0 Å². The highest BCUT2D eigenvalue weighted by Crippen LogP contribution is 2.32. The first kappa shape index (κ1) is 22.3. The molecule has 0 bridgehead atoms. The van der Waals surface area contributed by atoms with E-state index >= 15 is 0 Å². The summed E-state index contributed by atoms with van der Waals surface area (Å²) >= 11 is 0. The molecule has 152 valence electrons. The van der Waals surface area contributed by atoms with Gasteiger partial charge in [0.1, 0.15) is 0 Å². The predicted octanol–water partition coefficient (Wildman–Crippen LogP) is -2.18. The van der Waals surface area contributed by atoms with Crippen molar-refractivity contribution in [2.45, 2.75) is 33.6 Å². The summed E-state index contributed by atoms with van der Waals surface area (Å²) in [6, 6.07) is 0. The van der Waals surface area contributed by atoms with Gasteiger partial charge in [-0.2, -0.15) is 0 Å². The lowest BCUT2D eigenvalue weighted by Crippen LogP contribution is -2.34. The van der Waals surface area contributed by atoms with Gasteiger partial charge in [0, 0.05) is 6.42 Å². The summed E-state index contributed by atoms with van der Waals surface area (Å²) < 4.78 is 0. The smallest absolute Gasteiger partial charge is 0.295 e. The molecule has 28 heavy (non-hydrogen) atoms. The molecule has 0 aromatic carbocycles. The first-order valence-corrected chi connectivity index (χ1v) is 7.92. The minimum absolute atomic E-state index is 0.204. The lowest BCUT2D eigenvalue weighted by atomic mass is 9.77. The molecule has 0 saturated heterocycles. The molecule has 13 heteroatoms. The summed E-state index contributed by atoms with van der Waals surface area (Å²) in [5.41, 5.74) is -3.38. The van der Waals surface area contributed by atoms with E-state index in [1.54, 1.807) is 36.0 Å². The van der Waals surface area contributed by atoms with E-state index in [0.29, 0.717) is 6.42 Å². The fourth-order valence-electron chi connectivity index (χ4n) is 2.47. The Morgan fingerprint density at radius 2 is 0.893 bits per heavy atom. The molecule has 0 atom stereocenters. The van der Waals surface area contributed by atoms with Crippen molar-refractivity contribution >= 4 is 5.78 Å². The normalized spacial score (nSPS) is 14.7. The van der Waals surface area contributed by atoms with Crippen molar-refractivity contribution in [1.82, 2.24) is 29.9 Å². The predicted molar refractivity (Wildman–Crippen MR) is 98.4 cm³/mol. The van der Waals surface area contributed by atoms with Crippen LogP contribution in [0.1, 0.15) is 33.6 Å². The molecule has 1 aliphatic carbocycles. The number of nitrogens with one attached hydrogen (secondary N) is 6. The van der Waals surface area contributed by atoms with Gasteiger partial charge in [-0.1, -0.05) is 19.4 Å². The maximum atomic E-state index is 11.0. The Balaban J connectivity index is 0.000000210. The lowest BCUT2D eigenvalue weighted by Gasteiger charge is -2.27. The Labute approximate surface area is 155 Å². The van der Waals surface area contributed by atoms with Crippen LogP contribution in [0.5, 0.6) is 0 Å². The summed E-state index contributed by atoms with van der Waals surface area (Å²) in [5.74, 6) is 0.286. The van der Waals surface area contributed by atoms with E-state index in [1.165, 1.54) is 5.57 Å². The van der Waals surface area contributed by atoms with Gasteiger partial charge < -0.3 is 0 Å². The molecule has 1 aliphatic rings. The van der Waals surface area contributed by atoms with Crippen molar-refractivity contribution in [3.8, 4) is 0 Å². The van der Waals surface area contributed by atoms with Crippen molar-refractivity contribution in [2.24, 2.45) is 5.41 Å². The number of carbonyl (C=O) groups excluding carboxylic acids is 1. The van der Waals surface area contributed by atoms with Gasteiger partial charge in [-0.3, -0.25) is 34.7 Å². The van der Waals surface area contributed by atoms with Crippen LogP contribution in [0, 0.1) is 5.41 Å². The minimum Gasteiger partial charge on any atom is -0.295 e. The van der Waals surface area contributed by atoms with Crippen LogP contribution in [0.3, 0.4) is 0 Å². The van der Waals surface area contributed by atoms with Crippen molar-refractivity contribution in [2.75, 3.05) is 0 Å². The third-order valence-corrected chi connectivity index (χ3v) is 3.18. The summed E-state index contributed by atoms with van der Waals surface area (Å²) in [5, 5.41) is 0. The Bertz CT molecular complexity index is 970. The van der Waals surface area contributed by atoms with Crippen LogP contribution in [0.25, 0.3) is 0 Å². The maximum absolute atomic E-state index is 11.0. The number of rotatable bonds is 0. The lowest BCUT2D eigenvalue weighted by molar-refractivity contribution is -0.117. The average molecular weight is 396 g/mol. The summed E-state index contributed by atoms with van der Waals surface area (Å²) in [4.78, 5) is 82.8. The highest BCUT2D eigenvalue weighted by atomic mass is 16.2. The first-order chi connectivity index (χ1) is 12.9. The molecule has 0 unspecified atom stereocenters. The monoisotopic (exact) mass is 396 g/mol. The highest BCUT2D eigenvalue weighted by Gasteiger charge is 2.25. The zero-order valence-corrected chi connectivity index (χ0v) is 15.3. The Morgan fingerprint density at radius 1 is 0.607 bits per heavy atom. The number of allylic oxidation sites excluding steroid dienone is 2. The zero-order chi connectivity index (χ0) is 21.5. The highest BCUT2D eigenvalue weighted by molar-refractivity contribution is 5.91.